The number of benzene rings is 8. The van der Waals surface area contributed by atoms with Crippen LogP contribution in [0.2, 0.25) is 0 Å². The van der Waals surface area contributed by atoms with E-state index >= 15 is 0 Å². The third kappa shape index (κ3) is 4.17. The topological polar surface area (TPSA) is 16.4 Å². The minimum absolute atomic E-state index is 0.00831. The number of furan rings is 1. The quantitative estimate of drug-likeness (QED) is 0.184. The van der Waals surface area contributed by atoms with Crippen LogP contribution in [-0.2, 0) is 5.41 Å². The molecule has 0 bridgehead atoms. The van der Waals surface area contributed by atoms with Crippen LogP contribution in [-0.4, -0.2) is 0 Å². The number of hydrogen-bond acceptors (Lipinski definition) is 3. The minimum atomic E-state index is -0.00831. The Morgan fingerprint density at radius 2 is 1.15 bits per heavy atom. The fourth-order valence-corrected chi connectivity index (χ4v) is 9.87. The summed E-state index contributed by atoms with van der Waals surface area (Å²) in [7, 11) is 0. The third-order valence-electron chi connectivity index (χ3n) is 11.3. The first-order chi connectivity index (χ1) is 25.5. The monoisotopic (exact) mass is 683 g/mol. The first-order valence-corrected chi connectivity index (χ1v) is 18.7. The van der Waals surface area contributed by atoms with E-state index in [1.807, 2.05) is 11.3 Å². The highest BCUT2D eigenvalue weighted by molar-refractivity contribution is 7.26. The molecule has 3 heteroatoms. The molecule has 0 unspecified atom stereocenters. The molecule has 1 aliphatic carbocycles. The van der Waals surface area contributed by atoms with E-state index in [0.29, 0.717) is 0 Å². The van der Waals surface area contributed by atoms with Gasteiger partial charge in [-0.3, -0.25) is 0 Å². The van der Waals surface area contributed by atoms with Crippen molar-refractivity contribution in [2.75, 3.05) is 4.90 Å². The van der Waals surface area contributed by atoms with Crippen LogP contribution >= 0.6 is 11.3 Å². The smallest absolute Gasteiger partial charge is 0.159 e. The summed E-state index contributed by atoms with van der Waals surface area (Å²) in [5.41, 5.74) is 12.9. The van der Waals surface area contributed by atoms with Crippen LogP contribution in [0, 0.1) is 0 Å². The molecule has 2 heterocycles. The average Bonchev–Trinajstić information content (AvgIpc) is 3.84. The molecule has 11 rings (SSSR count). The van der Waals surface area contributed by atoms with Gasteiger partial charge in [0, 0.05) is 47.4 Å². The summed E-state index contributed by atoms with van der Waals surface area (Å²) in [5.74, 6) is 0. The summed E-state index contributed by atoms with van der Waals surface area (Å²) in [6.07, 6.45) is 0. The SMILES string of the molecule is CC1(C)c2ccccc2-c2cc(-c3ccc(N(c4cccc5c4oc4c6ccccc6ccc54)c4cccc5sc6ccccc6c45)cc3)ccc21. The average molecular weight is 684 g/mol. The zero-order valence-corrected chi connectivity index (χ0v) is 29.7. The second-order valence-corrected chi connectivity index (χ2v) is 15.6. The first kappa shape index (κ1) is 29.6. The van der Waals surface area contributed by atoms with E-state index in [1.54, 1.807) is 0 Å². The lowest BCUT2D eigenvalue weighted by Gasteiger charge is -2.27. The van der Waals surface area contributed by atoms with E-state index in [2.05, 4.69) is 183 Å². The van der Waals surface area contributed by atoms with E-state index in [0.717, 1.165) is 44.4 Å². The highest BCUT2D eigenvalue weighted by atomic mass is 32.1. The largest absolute Gasteiger partial charge is 0.453 e. The van der Waals surface area contributed by atoms with E-state index in [1.165, 1.54) is 58.9 Å². The van der Waals surface area contributed by atoms with Gasteiger partial charge in [-0.25, -0.2) is 0 Å². The number of nitrogens with zero attached hydrogens (tertiary/aromatic N) is 1. The highest BCUT2D eigenvalue weighted by Gasteiger charge is 2.35. The Labute approximate surface area is 305 Å². The fraction of sp³-hybridized carbons (Fsp3) is 0.0612. The molecule has 0 amide bonds. The molecule has 0 atom stereocenters. The van der Waals surface area contributed by atoms with Crippen LogP contribution < -0.4 is 4.90 Å². The standard InChI is InChI=1S/C49H33NOS/c1-49(2)40-16-7-5-13-35(40)39-29-32(24-28-41(39)49)30-21-25-33(26-22-30)50(42-17-10-20-45-46(42)38-14-6-8-19-44(38)52-45)43-18-9-15-36-37-27-23-31-11-3-4-12-34(31)47(37)51-48(36)43/h3-29H,1-2H3. The molecule has 2 nitrogen and oxygen atoms in total. The fourth-order valence-electron chi connectivity index (χ4n) is 8.74. The Bertz CT molecular complexity index is 3050. The molecule has 246 valence electrons. The lowest BCUT2D eigenvalue weighted by atomic mass is 9.82. The number of para-hydroxylation sites is 1. The van der Waals surface area contributed by atoms with Crippen LogP contribution in [0.15, 0.2) is 168 Å². The van der Waals surface area contributed by atoms with E-state index < -0.39 is 0 Å². The van der Waals surface area contributed by atoms with Gasteiger partial charge in [-0.2, -0.15) is 0 Å². The first-order valence-electron chi connectivity index (χ1n) is 17.9. The lowest BCUT2D eigenvalue weighted by molar-refractivity contribution is 0.660. The maximum absolute atomic E-state index is 6.94. The molecule has 2 aromatic heterocycles. The summed E-state index contributed by atoms with van der Waals surface area (Å²) in [4.78, 5) is 2.40. The molecule has 0 radical (unpaired) electrons. The van der Waals surface area contributed by atoms with Crippen LogP contribution in [0.25, 0.3) is 75.1 Å². The van der Waals surface area contributed by atoms with Crippen molar-refractivity contribution in [2.24, 2.45) is 0 Å². The Morgan fingerprint density at radius 3 is 2.06 bits per heavy atom. The lowest BCUT2D eigenvalue weighted by Crippen LogP contribution is -2.14. The summed E-state index contributed by atoms with van der Waals surface area (Å²) in [6.45, 7) is 4.67. The van der Waals surface area contributed by atoms with Gasteiger partial charge in [-0.15, -0.1) is 11.3 Å². The van der Waals surface area contributed by atoms with Crippen molar-refractivity contribution in [1.82, 2.24) is 0 Å². The summed E-state index contributed by atoms with van der Waals surface area (Å²) in [6, 6.07) is 59.8. The van der Waals surface area contributed by atoms with Crippen molar-refractivity contribution >= 4 is 81.3 Å². The molecule has 0 spiro atoms. The van der Waals surface area contributed by atoms with Gasteiger partial charge in [0.1, 0.15) is 5.58 Å². The van der Waals surface area contributed by atoms with E-state index in [9.17, 15) is 0 Å². The van der Waals surface area contributed by atoms with Crippen LogP contribution in [0.4, 0.5) is 17.1 Å². The van der Waals surface area contributed by atoms with Crippen molar-refractivity contribution in [3.8, 4) is 22.3 Å². The predicted molar refractivity (Wildman–Crippen MR) is 222 cm³/mol. The zero-order chi connectivity index (χ0) is 34.6. The van der Waals surface area contributed by atoms with Crippen LogP contribution in [0.5, 0.6) is 0 Å². The van der Waals surface area contributed by atoms with Gasteiger partial charge in [0.15, 0.2) is 5.58 Å². The third-order valence-corrected chi connectivity index (χ3v) is 12.4. The number of thiophene rings is 1. The zero-order valence-electron chi connectivity index (χ0n) is 28.9. The molecule has 0 saturated carbocycles. The molecule has 52 heavy (non-hydrogen) atoms. The normalized spacial score (nSPS) is 13.3. The highest BCUT2D eigenvalue weighted by Crippen LogP contribution is 2.51. The van der Waals surface area contributed by atoms with Gasteiger partial charge in [-0.1, -0.05) is 129 Å². The molecule has 0 N–H and O–H groups in total. The Morgan fingerprint density at radius 1 is 0.481 bits per heavy atom. The number of fused-ring (bicyclic) bond motifs is 11. The predicted octanol–water partition coefficient (Wildman–Crippen LogP) is 14.6. The Kier molecular flexibility index (Phi) is 6.21. The molecular formula is C49H33NOS. The number of hydrogen-bond donors (Lipinski definition) is 0. The maximum atomic E-state index is 6.94. The van der Waals surface area contributed by atoms with Gasteiger partial charge in [0.05, 0.1) is 11.4 Å². The van der Waals surface area contributed by atoms with Gasteiger partial charge in [0.25, 0.3) is 0 Å². The number of rotatable bonds is 4. The van der Waals surface area contributed by atoms with Crippen molar-refractivity contribution < 1.29 is 4.42 Å². The molecule has 0 fully saturated rings. The summed E-state index contributed by atoms with van der Waals surface area (Å²) >= 11 is 1.85. The van der Waals surface area contributed by atoms with Gasteiger partial charge < -0.3 is 9.32 Å². The van der Waals surface area contributed by atoms with Crippen LogP contribution in [0.3, 0.4) is 0 Å². The van der Waals surface area contributed by atoms with Gasteiger partial charge in [0.2, 0.25) is 0 Å². The van der Waals surface area contributed by atoms with Crippen molar-refractivity contribution in [1.29, 1.82) is 0 Å². The number of anilines is 3. The Hall–Kier alpha value is -6.16. The van der Waals surface area contributed by atoms with Crippen molar-refractivity contribution in [3.05, 3.63) is 175 Å². The van der Waals surface area contributed by atoms with E-state index in [4.69, 9.17) is 4.42 Å². The van der Waals surface area contributed by atoms with Crippen molar-refractivity contribution in [3.63, 3.8) is 0 Å². The molecular weight excluding hydrogens is 651 g/mol. The molecule has 10 aromatic rings. The maximum Gasteiger partial charge on any atom is 0.159 e. The molecule has 0 aliphatic heterocycles. The van der Waals surface area contributed by atoms with E-state index in [-0.39, 0.29) is 5.41 Å². The molecule has 0 saturated heterocycles. The summed E-state index contributed by atoms with van der Waals surface area (Å²) in [5, 5.41) is 7.07. The van der Waals surface area contributed by atoms with Crippen LogP contribution in [0.1, 0.15) is 25.0 Å². The van der Waals surface area contributed by atoms with Crippen molar-refractivity contribution in [2.45, 2.75) is 19.3 Å². The molecule has 1 aliphatic rings. The van der Waals surface area contributed by atoms with Gasteiger partial charge in [-0.05, 0) is 87.3 Å². The second kappa shape index (κ2) is 10.9. The molecule has 8 aromatic carbocycles. The Balaban J connectivity index is 1.12. The summed E-state index contributed by atoms with van der Waals surface area (Å²) < 4.78 is 9.50. The minimum Gasteiger partial charge on any atom is -0.453 e. The second-order valence-electron chi connectivity index (χ2n) is 14.5. The van der Waals surface area contributed by atoms with Gasteiger partial charge >= 0.3 is 0 Å².